The third-order valence-corrected chi connectivity index (χ3v) is 3.63. The number of hydroxylamine groups is 1. The number of nitrogens with zero attached hydrogens (tertiary/aromatic N) is 2. The molecule has 0 unspecified atom stereocenters. The van der Waals surface area contributed by atoms with E-state index in [0.717, 1.165) is 21.8 Å². The first-order valence-corrected chi connectivity index (χ1v) is 6.35. The zero-order chi connectivity index (χ0) is 14.0. The van der Waals surface area contributed by atoms with Gasteiger partial charge in [0, 0.05) is 12.0 Å². The van der Waals surface area contributed by atoms with Crippen LogP contribution >= 0.6 is 0 Å². The number of ether oxygens (including phenoxy) is 1. The lowest BCUT2D eigenvalue weighted by atomic mass is 9.81. The summed E-state index contributed by atoms with van der Waals surface area (Å²) in [4.78, 5) is 0. The van der Waals surface area contributed by atoms with Crippen molar-refractivity contribution in [3.63, 3.8) is 0 Å². The Hall–Kier alpha value is -2.02. The van der Waals surface area contributed by atoms with Gasteiger partial charge in [-0.1, -0.05) is 0 Å². The second kappa shape index (κ2) is 4.93. The molecule has 0 fully saturated rings. The number of hydrogen-bond acceptors (Lipinski definition) is 3. The average Bonchev–Trinajstić information content (AvgIpc) is 2.60. The second-order valence-corrected chi connectivity index (χ2v) is 5.51. The van der Waals surface area contributed by atoms with E-state index in [2.05, 4.69) is 19.9 Å². The molecule has 1 heterocycles. The maximum atomic E-state index is 12.4. The van der Waals surface area contributed by atoms with Gasteiger partial charge in [-0.3, -0.25) is 0 Å². The third kappa shape index (κ3) is 2.41. The summed E-state index contributed by atoms with van der Waals surface area (Å²) < 4.78 is 6.15. The van der Waals surface area contributed by atoms with Crippen LogP contribution in [0.2, 0.25) is 0 Å². The Bertz CT molecular complexity index is 538. The Balaban J connectivity index is 2.42. The molecule has 0 N–H and O–H groups in total. The van der Waals surface area contributed by atoms with Crippen molar-refractivity contribution in [2.75, 3.05) is 7.11 Å². The minimum absolute atomic E-state index is 0.210. The van der Waals surface area contributed by atoms with Gasteiger partial charge in [-0.25, -0.2) is 4.74 Å². The minimum Gasteiger partial charge on any atom is -0.623 e. The number of hydrogen-bond donors (Lipinski definition) is 0. The Morgan fingerprint density at radius 1 is 1.42 bits per heavy atom. The molecule has 0 spiro atoms. The summed E-state index contributed by atoms with van der Waals surface area (Å²) in [5.74, 6) is 0.770. The molecular weight excluding hydrogens is 240 g/mol. The first kappa shape index (κ1) is 13.4. The monoisotopic (exact) mass is 258 g/mol. The molecule has 19 heavy (non-hydrogen) atoms. The van der Waals surface area contributed by atoms with Crippen LogP contribution in [0.5, 0.6) is 5.75 Å². The van der Waals surface area contributed by atoms with E-state index < -0.39 is 0 Å². The third-order valence-electron chi connectivity index (χ3n) is 3.63. The fraction of sp³-hybridized carbons (Fsp3) is 0.467. The summed E-state index contributed by atoms with van der Waals surface area (Å²) >= 11 is 0. The summed E-state index contributed by atoms with van der Waals surface area (Å²) in [6.45, 7) is 4.10. The molecule has 1 aromatic rings. The van der Waals surface area contributed by atoms with Gasteiger partial charge < -0.3 is 9.94 Å². The maximum absolute atomic E-state index is 12.4. The van der Waals surface area contributed by atoms with Crippen LogP contribution in [0.25, 0.3) is 0 Å². The molecule has 1 aromatic carbocycles. The van der Waals surface area contributed by atoms with Gasteiger partial charge in [0.2, 0.25) is 5.71 Å². The van der Waals surface area contributed by atoms with Gasteiger partial charge in [0.05, 0.1) is 25.0 Å². The molecular formula is C15H18N2O2. The van der Waals surface area contributed by atoms with Gasteiger partial charge in [-0.15, -0.1) is 0 Å². The van der Waals surface area contributed by atoms with Crippen LogP contribution in [0.3, 0.4) is 0 Å². The highest BCUT2D eigenvalue weighted by atomic mass is 16.5. The number of benzene rings is 1. The van der Waals surface area contributed by atoms with E-state index in [1.54, 1.807) is 7.11 Å². The van der Waals surface area contributed by atoms with Gasteiger partial charge in [0.15, 0.2) is 6.04 Å². The van der Waals surface area contributed by atoms with E-state index >= 15 is 0 Å². The molecule has 0 saturated carbocycles. The van der Waals surface area contributed by atoms with Crippen LogP contribution in [-0.4, -0.2) is 23.6 Å². The van der Waals surface area contributed by atoms with Crippen molar-refractivity contribution < 1.29 is 9.48 Å². The Morgan fingerprint density at radius 2 is 2.05 bits per heavy atom. The van der Waals surface area contributed by atoms with Crippen LogP contribution in [0.4, 0.5) is 0 Å². The molecule has 0 aliphatic carbocycles. The maximum Gasteiger partial charge on any atom is 0.200 e. The van der Waals surface area contributed by atoms with Gasteiger partial charge in [0.25, 0.3) is 0 Å². The van der Waals surface area contributed by atoms with Gasteiger partial charge in [-0.05, 0) is 38.1 Å². The number of nitriles is 1. The van der Waals surface area contributed by atoms with Crippen molar-refractivity contribution >= 4 is 5.71 Å². The molecule has 1 aliphatic heterocycles. The molecule has 2 rings (SSSR count). The topological polar surface area (TPSA) is 59.1 Å². The SMILES string of the molecule is COc1ccc(C2=[N+]([O-])[C@@H](CC#N)CC2(C)C)cc1. The molecule has 0 radical (unpaired) electrons. The lowest BCUT2D eigenvalue weighted by Gasteiger charge is -2.16. The van der Waals surface area contributed by atoms with Crippen molar-refractivity contribution in [1.82, 2.24) is 0 Å². The van der Waals surface area contributed by atoms with Gasteiger partial charge in [-0.2, -0.15) is 5.26 Å². The van der Waals surface area contributed by atoms with Crippen molar-refractivity contribution in [1.29, 1.82) is 5.26 Å². The average molecular weight is 258 g/mol. The van der Waals surface area contributed by atoms with Crippen molar-refractivity contribution in [3.05, 3.63) is 35.0 Å². The fourth-order valence-electron chi connectivity index (χ4n) is 2.78. The predicted octanol–water partition coefficient (Wildman–Crippen LogP) is 2.71. The van der Waals surface area contributed by atoms with Crippen LogP contribution < -0.4 is 4.74 Å². The lowest BCUT2D eigenvalue weighted by molar-refractivity contribution is -0.490. The highest BCUT2D eigenvalue weighted by molar-refractivity contribution is 6.01. The first-order chi connectivity index (χ1) is 8.99. The summed E-state index contributed by atoms with van der Waals surface area (Å²) in [6.07, 6.45) is 0.984. The van der Waals surface area contributed by atoms with Crippen LogP contribution in [0.15, 0.2) is 24.3 Å². The van der Waals surface area contributed by atoms with Crippen molar-refractivity contribution in [3.8, 4) is 11.8 Å². The van der Waals surface area contributed by atoms with Gasteiger partial charge in [0.1, 0.15) is 5.75 Å². The zero-order valence-electron chi connectivity index (χ0n) is 11.5. The van der Waals surface area contributed by atoms with Gasteiger partial charge >= 0.3 is 0 Å². The predicted molar refractivity (Wildman–Crippen MR) is 73.1 cm³/mol. The number of rotatable bonds is 3. The van der Waals surface area contributed by atoms with E-state index in [0.29, 0.717) is 6.42 Å². The molecule has 0 saturated heterocycles. The standard InChI is InChI=1S/C15H18N2O2/c1-15(2)10-12(8-9-16)17(18)14(15)11-4-6-13(19-3)7-5-11/h4-7,12H,8,10H2,1-3H3/t12-/m0/s1. The fourth-order valence-corrected chi connectivity index (χ4v) is 2.78. The summed E-state index contributed by atoms with van der Waals surface area (Å²) in [6, 6.07) is 9.35. The van der Waals surface area contributed by atoms with Crippen LogP contribution in [0, 0.1) is 22.0 Å². The lowest BCUT2D eigenvalue weighted by Crippen LogP contribution is -2.24. The zero-order valence-corrected chi connectivity index (χ0v) is 11.5. The van der Waals surface area contributed by atoms with E-state index in [4.69, 9.17) is 10.00 Å². The molecule has 0 bridgehead atoms. The Kier molecular flexibility index (Phi) is 3.48. The van der Waals surface area contributed by atoms with Crippen molar-refractivity contribution in [2.45, 2.75) is 32.7 Å². The van der Waals surface area contributed by atoms with Crippen LogP contribution in [-0.2, 0) is 0 Å². The highest BCUT2D eigenvalue weighted by Gasteiger charge is 2.45. The highest BCUT2D eigenvalue weighted by Crippen LogP contribution is 2.36. The summed E-state index contributed by atoms with van der Waals surface area (Å²) in [5, 5.41) is 21.2. The van der Waals surface area contributed by atoms with Crippen LogP contribution in [0.1, 0.15) is 32.3 Å². The normalized spacial score (nSPS) is 21.3. The molecule has 1 aliphatic rings. The minimum atomic E-state index is -0.239. The Labute approximate surface area is 113 Å². The van der Waals surface area contributed by atoms with E-state index in [9.17, 15) is 5.21 Å². The second-order valence-electron chi connectivity index (χ2n) is 5.51. The molecule has 0 amide bonds. The molecule has 4 heteroatoms. The first-order valence-electron chi connectivity index (χ1n) is 6.35. The Morgan fingerprint density at radius 3 is 2.58 bits per heavy atom. The number of methoxy groups -OCH3 is 1. The smallest absolute Gasteiger partial charge is 0.200 e. The van der Waals surface area contributed by atoms with E-state index in [1.165, 1.54) is 0 Å². The van der Waals surface area contributed by atoms with Crippen molar-refractivity contribution in [2.24, 2.45) is 5.41 Å². The molecule has 100 valence electrons. The molecule has 4 nitrogen and oxygen atoms in total. The molecule has 1 atom stereocenters. The summed E-state index contributed by atoms with van der Waals surface area (Å²) in [7, 11) is 1.62. The largest absolute Gasteiger partial charge is 0.623 e. The molecule has 0 aromatic heterocycles. The van der Waals surface area contributed by atoms with E-state index in [-0.39, 0.29) is 17.9 Å². The quantitative estimate of drug-likeness (QED) is 0.618. The van der Waals surface area contributed by atoms with E-state index in [1.807, 2.05) is 24.3 Å². The summed E-state index contributed by atoms with van der Waals surface area (Å²) in [5.41, 5.74) is 1.45.